The molecule has 0 spiro atoms. The summed E-state index contributed by atoms with van der Waals surface area (Å²) in [6, 6.07) is 10.2. The Morgan fingerprint density at radius 2 is 1.94 bits per heavy atom. The molecule has 17 heavy (non-hydrogen) atoms. The number of nitrogens with zero attached hydrogens (tertiary/aromatic N) is 1. The lowest BCUT2D eigenvalue weighted by Crippen LogP contribution is -2.34. The van der Waals surface area contributed by atoms with E-state index in [1.165, 1.54) is 12.1 Å². The van der Waals surface area contributed by atoms with Gasteiger partial charge in [-0.1, -0.05) is 18.2 Å². The maximum Gasteiger partial charge on any atom is 0.123 e. The second kappa shape index (κ2) is 4.26. The van der Waals surface area contributed by atoms with Gasteiger partial charge in [-0.3, -0.25) is 4.98 Å². The van der Waals surface area contributed by atoms with Crippen LogP contribution in [0.5, 0.6) is 0 Å². The van der Waals surface area contributed by atoms with E-state index in [9.17, 15) is 4.39 Å². The average Bonchev–Trinajstić information content (AvgIpc) is 2.29. The summed E-state index contributed by atoms with van der Waals surface area (Å²) < 4.78 is 13.2. The largest absolute Gasteiger partial charge is 0.318 e. The molecule has 0 radical (unpaired) electrons. The lowest BCUT2D eigenvalue weighted by Gasteiger charge is -2.25. The first kappa shape index (κ1) is 11.7. The predicted molar refractivity (Wildman–Crippen MR) is 66.0 cm³/mol. The quantitative estimate of drug-likeness (QED) is 0.861. The van der Waals surface area contributed by atoms with Crippen LogP contribution in [0.4, 0.5) is 4.39 Å². The second-order valence-corrected chi connectivity index (χ2v) is 4.40. The zero-order valence-corrected chi connectivity index (χ0v) is 9.94. The molecule has 0 aliphatic rings. The summed E-state index contributed by atoms with van der Waals surface area (Å²) in [6.45, 7) is 3.77. The van der Waals surface area contributed by atoms with Gasteiger partial charge in [-0.15, -0.1) is 0 Å². The van der Waals surface area contributed by atoms with Crippen LogP contribution in [0.2, 0.25) is 0 Å². The molecule has 0 aliphatic carbocycles. The highest BCUT2D eigenvalue weighted by Gasteiger charge is 2.24. The van der Waals surface area contributed by atoms with Gasteiger partial charge in [-0.05, 0) is 43.2 Å². The van der Waals surface area contributed by atoms with E-state index in [2.05, 4.69) is 4.98 Å². The summed E-state index contributed by atoms with van der Waals surface area (Å²) in [7, 11) is 0. The number of halogens is 1. The van der Waals surface area contributed by atoms with Gasteiger partial charge in [-0.2, -0.15) is 0 Å². The minimum Gasteiger partial charge on any atom is -0.318 e. The third-order valence-corrected chi connectivity index (χ3v) is 2.94. The number of hydrogen-bond donors (Lipinski definition) is 1. The molecule has 0 aliphatic heterocycles. The van der Waals surface area contributed by atoms with Crippen molar-refractivity contribution in [2.75, 3.05) is 0 Å². The lowest BCUT2D eigenvalue weighted by molar-refractivity contribution is 0.579. The average molecular weight is 230 g/mol. The number of hydrogen-bond acceptors (Lipinski definition) is 2. The van der Waals surface area contributed by atoms with Crippen molar-refractivity contribution in [2.24, 2.45) is 5.73 Å². The number of rotatable bonds is 2. The van der Waals surface area contributed by atoms with Crippen LogP contribution in [0.15, 0.2) is 42.6 Å². The molecule has 88 valence electrons. The molecule has 2 rings (SSSR count). The van der Waals surface area contributed by atoms with Crippen molar-refractivity contribution in [2.45, 2.75) is 19.4 Å². The molecule has 0 saturated heterocycles. The third-order valence-electron chi connectivity index (χ3n) is 2.94. The molecular weight excluding hydrogens is 215 g/mol. The minimum absolute atomic E-state index is 0.278. The van der Waals surface area contributed by atoms with Crippen molar-refractivity contribution in [1.29, 1.82) is 0 Å². The molecule has 1 unspecified atom stereocenters. The van der Waals surface area contributed by atoms with Gasteiger partial charge < -0.3 is 5.73 Å². The summed E-state index contributed by atoms with van der Waals surface area (Å²) in [5.74, 6) is -0.278. The first-order valence-electron chi connectivity index (χ1n) is 5.48. The maximum atomic E-state index is 13.2. The van der Waals surface area contributed by atoms with Gasteiger partial charge in [0.25, 0.3) is 0 Å². The Bertz CT molecular complexity index is 518. The molecule has 0 saturated carbocycles. The first-order chi connectivity index (χ1) is 8.00. The van der Waals surface area contributed by atoms with Crippen molar-refractivity contribution in [3.8, 4) is 0 Å². The summed E-state index contributed by atoms with van der Waals surface area (Å²) in [4.78, 5) is 4.22. The Kier molecular flexibility index (Phi) is 2.94. The van der Waals surface area contributed by atoms with E-state index in [1.54, 1.807) is 12.3 Å². The Hall–Kier alpha value is -1.74. The topological polar surface area (TPSA) is 38.9 Å². The van der Waals surface area contributed by atoms with Crippen molar-refractivity contribution in [3.05, 3.63) is 65.2 Å². The summed E-state index contributed by atoms with van der Waals surface area (Å²) >= 11 is 0. The van der Waals surface area contributed by atoms with E-state index < -0.39 is 5.54 Å². The molecule has 0 fully saturated rings. The Labute approximate surface area is 100 Å². The van der Waals surface area contributed by atoms with Gasteiger partial charge in [0, 0.05) is 11.9 Å². The van der Waals surface area contributed by atoms with E-state index in [0.717, 1.165) is 16.8 Å². The highest BCUT2D eigenvalue weighted by atomic mass is 19.1. The minimum atomic E-state index is -0.733. The van der Waals surface area contributed by atoms with E-state index in [1.807, 2.05) is 32.0 Å². The van der Waals surface area contributed by atoms with Crippen LogP contribution in [-0.2, 0) is 5.54 Å². The highest BCUT2D eigenvalue weighted by Crippen LogP contribution is 2.26. The van der Waals surface area contributed by atoms with Crippen molar-refractivity contribution >= 4 is 0 Å². The number of nitrogens with two attached hydrogens (primary N) is 1. The fraction of sp³-hybridized carbons (Fsp3) is 0.214. The summed E-state index contributed by atoms with van der Waals surface area (Å²) in [6.07, 6.45) is 1.74. The van der Waals surface area contributed by atoms with Crippen molar-refractivity contribution < 1.29 is 4.39 Å². The zero-order valence-electron chi connectivity index (χ0n) is 9.94. The standard InChI is InChI=1S/C14H15FN2/c1-10-6-7-12(9-17-10)14(2,16)11-4-3-5-13(15)8-11/h3-9H,16H2,1-2H3. The van der Waals surface area contributed by atoms with Gasteiger partial charge in [0.15, 0.2) is 0 Å². The van der Waals surface area contributed by atoms with E-state index in [0.29, 0.717) is 0 Å². The maximum absolute atomic E-state index is 13.2. The summed E-state index contributed by atoms with van der Waals surface area (Å²) in [5, 5.41) is 0. The molecule has 2 N–H and O–H groups in total. The van der Waals surface area contributed by atoms with Crippen molar-refractivity contribution in [1.82, 2.24) is 4.98 Å². The fourth-order valence-corrected chi connectivity index (χ4v) is 1.75. The Morgan fingerprint density at radius 1 is 1.18 bits per heavy atom. The molecule has 1 atom stereocenters. The molecule has 3 heteroatoms. The van der Waals surface area contributed by atoms with Crippen LogP contribution in [0.3, 0.4) is 0 Å². The molecular formula is C14H15FN2. The van der Waals surface area contributed by atoms with Crippen LogP contribution < -0.4 is 5.73 Å². The Morgan fingerprint density at radius 3 is 2.53 bits per heavy atom. The number of aryl methyl sites for hydroxylation is 1. The van der Waals surface area contributed by atoms with Crippen LogP contribution in [0.1, 0.15) is 23.7 Å². The van der Waals surface area contributed by atoms with Gasteiger partial charge in [-0.25, -0.2) is 4.39 Å². The first-order valence-corrected chi connectivity index (χ1v) is 5.48. The molecule has 1 aromatic carbocycles. The van der Waals surface area contributed by atoms with E-state index in [4.69, 9.17) is 5.73 Å². The van der Waals surface area contributed by atoms with Gasteiger partial charge >= 0.3 is 0 Å². The second-order valence-electron chi connectivity index (χ2n) is 4.40. The predicted octanol–water partition coefficient (Wildman–Crippen LogP) is 2.75. The zero-order chi connectivity index (χ0) is 12.5. The normalized spacial score (nSPS) is 14.4. The number of pyridine rings is 1. The fourth-order valence-electron chi connectivity index (χ4n) is 1.75. The molecule has 2 aromatic rings. The molecule has 1 aromatic heterocycles. The summed E-state index contributed by atoms with van der Waals surface area (Å²) in [5.41, 5.74) is 8.08. The monoisotopic (exact) mass is 230 g/mol. The van der Waals surface area contributed by atoms with E-state index in [-0.39, 0.29) is 5.82 Å². The van der Waals surface area contributed by atoms with Gasteiger partial charge in [0.1, 0.15) is 5.82 Å². The number of aromatic nitrogens is 1. The lowest BCUT2D eigenvalue weighted by atomic mass is 9.86. The van der Waals surface area contributed by atoms with Crippen LogP contribution in [0.25, 0.3) is 0 Å². The van der Waals surface area contributed by atoms with Crippen LogP contribution in [-0.4, -0.2) is 4.98 Å². The highest BCUT2D eigenvalue weighted by molar-refractivity contribution is 5.36. The molecule has 1 heterocycles. The third kappa shape index (κ3) is 2.34. The number of benzene rings is 1. The van der Waals surface area contributed by atoms with Crippen LogP contribution in [0, 0.1) is 12.7 Å². The molecule has 0 amide bonds. The molecule has 2 nitrogen and oxygen atoms in total. The smallest absolute Gasteiger partial charge is 0.123 e. The van der Waals surface area contributed by atoms with Crippen molar-refractivity contribution in [3.63, 3.8) is 0 Å². The van der Waals surface area contributed by atoms with Gasteiger partial charge in [0.2, 0.25) is 0 Å². The Balaban J connectivity index is 2.45. The van der Waals surface area contributed by atoms with Gasteiger partial charge in [0.05, 0.1) is 5.54 Å². The van der Waals surface area contributed by atoms with Crippen LogP contribution >= 0.6 is 0 Å². The SMILES string of the molecule is Cc1ccc(C(C)(N)c2cccc(F)c2)cn1. The molecule has 0 bridgehead atoms. The van der Waals surface area contributed by atoms with E-state index >= 15 is 0 Å².